The van der Waals surface area contributed by atoms with Crippen molar-refractivity contribution in [1.82, 2.24) is 10.2 Å². The molecule has 9 heteroatoms. The van der Waals surface area contributed by atoms with Crippen LogP contribution in [0, 0.1) is 0 Å². The minimum absolute atomic E-state index is 0.116. The Morgan fingerprint density at radius 3 is 2.31 bits per heavy atom. The third-order valence-electron chi connectivity index (χ3n) is 5.58. The van der Waals surface area contributed by atoms with Crippen LogP contribution in [-0.4, -0.2) is 59.7 Å². The molecule has 194 valence electrons. The van der Waals surface area contributed by atoms with E-state index >= 15 is 0 Å². The van der Waals surface area contributed by atoms with Crippen LogP contribution in [-0.2, 0) is 30.4 Å². The first-order valence-corrected chi connectivity index (χ1v) is 12.3. The summed E-state index contributed by atoms with van der Waals surface area (Å²) < 4.78 is 15.7. The van der Waals surface area contributed by atoms with Gasteiger partial charge in [-0.3, -0.25) is 10.1 Å². The van der Waals surface area contributed by atoms with Crippen LogP contribution in [0.25, 0.3) is 0 Å². The second kappa shape index (κ2) is 13.2. The Kier molecular flexibility index (Phi) is 10.7. The normalized spacial score (nSPS) is 17.5. The molecule has 2 amide bonds. The molecule has 1 aliphatic heterocycles. The van der Waals surface area contributed by atoms with Gasteiger partial charge in [0.1, 0.15) is 12.2 Å². The van der Waals surface area contributed by atoms with Crippen LogP contribution < -0.4 is 5.32 Å². The molecule has 1 atom stereocenters. The Labute approximate surface area is 207 Å². The number of hydrogen-bond donors (Lipinski definition) is 1. The molecular formula is C26H38N2O7. The SMILES string of the molecule is CCOC(=O)N(CCCCCC(=O)C1(C(=O)OCc2ccccc2)CCCN1)C(=O)OC(C)(C)C. The van der Waals surface area contributed by atoms with Crippen molar-refractivity contribution in [2.45, 2.75) is 84.0 Å². The van der Waals surface area contributed by atoms with Gasteiger partial charge in [-0.15, -0.1) is 0 Å². The van der Waals surface area contributed by atoms with Crippen LogP contribution in [0.4, 0.5) is 9.59 Å². The topological polar surface area (TPSA) is 111 Å². The number of esters is 1. The molecule has 1 aromatic rings. The molecule has 0 spiro atoms. The number of rotatable bonds is 11. The standard InChI is InChI=1S/C26H38N2O7/c1-5-33-23(31)28(24(32)35-25(2,3)4)18-11-7-10-15-21(29)26(16-12-17-27-26)22(30)34-19-20-13-8-6-9-14-20/h6,8-9,13-14,27H,5,7,10-12,15-19H2,1-4H3. The number of nitrogens with one attached hydrogen (secondary N) is 1. The molecule has 2 rings (SSSR count). The zero-order valence-electron chi connectivity index (χ0n) is 21.3. The number of ketones is 1. The van der Waals surface area contributed by atoms with E-state index in [4.69, 9.17) is 14.2 Å². The Bertz CT molecular complexity index is 858. The number of hydrogen-bond acceptors (Lipinski definition) is 8. The van der Waals surface area contributed by atoms with E-state index in [-0.39, 0.29) is 32.0 Å². The molecule has 0 aliphatic carbocycles. The number of carbonyl (C=O) groups excluding carboxylic acids is 4. The van der Waals surface area contributed by atoms with Crippen LogP contribution in [0.3, 0.4) is 0 Å². The number of nitrogens with zero attached hydrogens (tertiary/aromatic N) is 1. The van der Waals surface area contributed by atoms with Gasteiger partial charge in [0.2, 0.25) is 0 Å². The molecule has 1 unspecified atom stereocenters. The summed E-state index contributed by atoms with van der Waals surface area (Å²) in [4.78, 5) is 51.4. The van der Waals surface area contributed by atoms with E-state index in [1.807, 2.05) is 30.3 Å². The average molecular weight is 491 g/mol. The Balaban J connectivity index is 1.86. The maximum absolute atomic E-state index is 13.1. The fourth-order valence-corrected chi connectivity index (χ4v) is 3.84. The summed E-state index contributed by atoms with van der Waals surface area (Å²) in [6, 6.07) is 9.34. The lowest BCUT2D eigenvalue weighted by molar-refractivity contribution is -0.156. The molecule has 0 radical (unpaired) electrons. The maximum atomic E-state index is 13.1. The van der Waals surface area contributed by atoms with Crippen LogP contribution >= 0.6 is 0 Å². The van der Waals surface area contributed by atoms with Gasteiger partial charge in [0.25, 0.3) is 0 Å². The van der Waals surface area contributed by atoms with Crippen molar-refractivity contribution >= 4 is 23.9 Å². The highest BCUT2D eigenvalue weighted by Crippen LogP contribution is 2.25. The van der Waals surface area contributed by atoms with Crippen molar-refractivity contribution in [3.63, 3.8) is 0 Å². The van der Waals surface area contributed by atoms with Gasteiger partial charge < -0.3 is 14.2 Å². The van der Waals surface area contributed by atoms with Crippen molar-refractivity contribution in [2.24, 2.45) is 0 Å². The van der Waals surface area contributed by atoms with E-state index in [0.717, 1.165) is 16.9 Å². The molecule has 1 N–H and O–H groups in total. The predicted molar refractivity (Wildman–Crippen MR) is 130 cm³/mol. The van der Waals surface area contributed by atoms with E-state index in [9.17, 15) is 19.2 Å². The Morgan fingerprint density at radius 1 is 1.00 bits per heavy atom. The highest BCUT2D eigenvalue weighted by atomic mass is 16.6. The summed E-state index contributed by atoms with van der Waals surface area (Å²) in [7, 11) is 0. The maximum Gasteiger partial charge on any atom is 0.419 e. The minimum Gasteiger partial charge on any atom is -0.459 e. The quantitative estimate of drug-likeness (QED) is 0.211. The molecule has 1 aromatic carbocycles. The smallest absolute Gasteiger partial charge is 0.419 e. The van der Waals surface area contributed by atoms with E-state index < -0.39 is 29.3 Å². The molecule has 0 aromatic heterocycles. The van der Waals surface area contributed by atoms with Gasteiger partial charge in [0.05, 0.1) is 6.61 Å². The zero-order chi connectivity index (χ0) is 25.9. The molecule has 1 aliphatic rings. The van der Waals surface area contributed by atoms with Crippen molar-refractivity contribution in [3.8, 4) is 0 Å². The van der Waals surface area contributed by atoms with E-state index in [0.29, 0.717) is 32.2 Å². The van der Waals surface area contributed by atoms with Crippen molar-refractivity contribution in [2.75, 3.05) is 19.7 Å². The van der Waals surface area contributed by atoms with E-state index in [1.165, 1.54) is 0 Å². The lowest BCUT2D eigenvalue weighted by atomic mass is 9.89. The van der Waals surface area contributed by atoms with Crippen LogP contribution in [0.15, 0.2) is 30.3 Å². The first-order valence-electron chi connectivity index (χ1n) is 12.3. The largest absolute Gasteiger partial charge is 0.459 e. The number of amides is 2. The second-order valence-corrected chi connectivity index (χ2v) is 9.56. The fourth-order valence-electron chi connectivity index (χ4n) is 3.84. The van der Waals surface area contributed by atoms with Crippen molar-refractivity contribution < 1.29 is 33.4 Å². The second-order valence-electron chi connectivity index (χ2n) is 9.56. The molecule has 0 saturated carbocycles. The lowest BCUT2D eigenvalue weighted by Crippen LogP contribution is -2.55. The summed E-state index contributed by atoms with van der Waals surface area (Å²) in [6.45, 7) is 7.77. The lowest BCUT2D eigenvalue weighted by Gasteiger charge is -2.26. The van der Waals surface area contributed by atoms with Crippen LogP contribution in [0.1, 0.15) is 71.8 Å². The minimum atomic E-state index is -1.30. The molecule has 1 saturated heterocycles. The third-order valence-corrected chi connectivity index (χ3v) is 5.58. The van der Waals surface area contributed by atoms with Crippen LogP contribution in [0.2, 0.25) is 0 Å². The van der Waals surface area contributed by atoms with E-state index in [1.54, 1.807) is 27.7 Å². The van der Waals surface area contributed by atoms with Gasteiger partial charge in [-0.1, -0.05) is 36.8 Å². The van der Waals surface area contributed by atoms with Gasteiger partial charge in [0.15, 0.2) is 11.3 Å². The highest BCUT2D eigenvalue weighted by Gasteiger charge is 2.48. The van der Waals surface area contributed by atoms with Gasteiger partial charge >= 0.3 is 18.2 Å². The number of unbranched alkanes of at least 4 members (excludes halogenated alkanes) is 2. The molecular weight excluding hydrogens is 452 g/mol. The Morgan fingerprint density at radius 2 is 1.71 bits per heavy atom. The van der Waals surface area contributed by atoms with Crippen molar-refractivity contribution in [1.29, 1.82) is 0 Å². The first kappa shape index (κ1) is 28.3. The number of carbonyl (C=O) groups is 4. The molecule has 35 heavy (non-hydrogen) atoms. The average Bonchev–Trinajstić information content (AvgIpc) is 3.30. The van der Waals surface area contributed by atoms with Gasteiger partial charge in [0, 0.05) is 13.0 Å². The highest BCUT2D eigenvalue weighted by molar-refractivity contribution is 6.08. The molecule has 0 bridgehead atoms. The molecule has 1 fully saturated rings. The number of Topliss-reactive ketones (excluding diaryl/α,β-unsaturated/α-hetero) is 1. The summed E-state index contributed by atoms with van der Waals surface area (Å²) >= 11 is 0. The number of benzene rings is 1. The molecule has 1 heterocycles. The number of ether oxygens (including phenoxy) is 3. The van der Waals surface area contributed by atoms with Gasteiger partial charge in [-0.25, -0.2) is 19.3 Å². The zero-order valence-corrected chi connectivity index (χ0v) is 21.3. The summed E-state index contributed by atoms with van der Waals surface area (Å²) in [5.74, 6) is -0.732. The first-order chi connectivity index (χ1) is 16.6. The van der Waals surface area contributed by atoms with Gasteiger partial charge in [-0.2, -0.15) is 0 Å². The van der Waals surface area contributed by atoms with Crippen LogP contribution in [0.5, 0.6) is 0 Å². The van der Waals surface area contributed by atoms with E-state index in [2.05, 4.69) is 5.32 Å². The Hall–Kier alpha value is -2.94. The monoisotopic (exact) mass is 490 g/mol. The number of imide groups is 1. The summed E-state index contributed by atoms with van der Waals surface area (Å²) in [6.07, 6.45) is 1.38. The molecule has 9 nitrogen and oxygen atoms in total. The van der Waals surface area contributed by atoms with Gasteiger partial charge in [-0.05, 0) is 65.5 Å². The third kappa shape index (κ3) is 8.65. The summed E-state index contributed by atoms with van der Waals surface area (Å²) in [5.41, 5.74) is -1.19. The fraction of sp³-hybridized carbons (Fsp3) is 0.615. The predicted octanol–water partition coefficient (Wildman–Crippen LogP) is 4.38. The van der Waals surface area contributed by atoms with Crippen molar-refractivity contribution in [3.05, 3.63) is 35.9 Å². The summed E-state index contributed by atoms with van der Waals surface area (Å²) in [5, 5.41) is 3.08.